The zero-order valence-electron chi connectivity index (χ0n) is 16.5. The average Bonchev–Trinajstić information content (AvgIpc) is 3.04. The summed E-state index contributed by atoms with van der Waals surface area (Å²) in [5.74, 6) is -0.425. The number of anilines is 1. The molecule has 0 aliphatic rings. The molecule has 2 heterocycles. The molecule has 0 bridgehead atoms. The number of nitrogens with one attached hydrogen (secondary N) is 1. The maximum Gasteiger partial charge on any atom is 0.257 e. The van der Waals surface area contributed by atoms with Gasteiger partial charge in [-0.3, -0.25) is 4.79 Å². The molecule has 0 aliphatic heterocycles. The molecule has 28 heavy (non-hydrogen) atoms. The Labute approximate surface area is 164 Å². The lowest BCUT2D eigenvalue weighted by Crippen LogP contribution is -2.24. The van der Waals surface area contributed by atoms with E-state index in [-0.39, 0.29) is 16.6 Å². The van der Waals surface area contributed by atoms with Crippen LogP contribution in [-0.2, 0) is 10.0 Å². The largest absolute Gasteiger partial charge is 0.321 e. The Hall–Kier alpha value is -2.78. The number of nitrogens with zero attached hydrogens (tertiary/aromatic N) is 4. The number of aromatic nitrogens is 3. The topological polar surface area (TPSA) is 97.2 Å². The van der Waals surface area contributed by atoms with Crippen LogP contribution in [0.4, 0.5) is 5.69 Å². The van der Waals surface area contributed by atoms with Crippen molar-refractivity contribution in [3.05, 3.63) is 47.8 Å². The minimum Gasteiger partial charge on any atom is -0.321 e. The number of fused-ring (bicyclic) bond motifs is 1. The van der Waals surface area contributed by atoms with Crippen LogP contribution in [0.25, 0.3) is 11.0 Å². The highest BCUT2D eigenvalue weighted by molar-refractivity contribution is 7.89. The second-order valence-corrected chi connectivity index (χ2v) is 9.08. The van der Waals surface area contributed by atoms with E-state index in [4.69, 9.17) is 0 Å². The smallest absolute Gasteiger partial charge is 0.257 e. The van der Waals surface area contributed by atoms with Crippen LogP contribution in [0.2, 0.25) is 0 Å². The number of carbonyl (C=O) groups is 1. The van der Waals surface area contributed by atoms with Crippen molar-refractivity contribution in [3.8, 4) is 0 Å². The average molecular weight is 401 g/mol. The molecule has 0 atom stereocenters. The van der Waals surface area contributed by atoms with Gasteiger partial charge in [0.2, 0.25) is 10.0 Å². The molecule has 3 rings (SSSR count). The van der Waals surface area contributed by atoms with Crippen molar-refractivity contribution in [1.82, 2.24) is 19.1 Å². The monoisotopic (exact) mass is 401 g/mol. The van der Waals surface area contributed by atoms with Crippen molar-refractivity contribution in [2.75, 3.05) is 19.4 Å². The van der Waals surface area contributed by atoms with Crippen LogP contribution >= 0.6 is 0 Å². The number of pyridine rings is 1. The number of benzene rings is 1. The molecule has 0 saturated carbocycles. The van der Waals surface area contributed by atoms with Gasteiger partial charge in [-0.15, -0.1) is 0 Å². The SMILES string of the molecule is Cc1nc2c(cnn2C(C)C)cc1C(=O)Nc1ccccc1S(=O)(=O)N(C)C. The van der Waals surface area contributed by atoms with Crippen LogP contribution in [0.1, 0.15) is 35.9 Å². The predicted molar refractivity (Wildman–Crippen MR) is 108 cm³/mol. The Morgan fingerprint density at radius 3 is 2.54 bits per heavy atom. The van der Waals surface area contributed by atoms with E-state index in [1.54, 1.807) is 42.1 Å². The number of carbonyl (C=O) groups excluding carboxylic acids is 1. The molecular weight excluding hydrogens is 378 g/mol. The van der Waals surface area contributed by atoms with Crippen molar-refractivity contribution in [2.45, 2.75) is 31.7 Å². The van der Waals surface area contributed by atoms with E-state index in [0.717, 1.165) is 9.69 Å². The molecule has 1 N–H and O–H groups in total. The zero-order chi connectivity index (χ0) is 20.6. The van der Waals surface area contributed by atoms with Gasteiger partial charge in [-0.25, -0.2) is 22.4 Å². The standard InChI is InChI=1S/C19H23N5O3S/c1-12(2)24-18-14(11-20-24)10-15(13(3)21-18)19(25)22-16-8-6-7-9-17(16)28(26,27)23(4)5/h6-12H,1-5H3,(H,22,25). The second kappa shape index (κ2) is 7.33. The third-order valence-electron chi connectivity index (χ3n) is 4.39. The highest BCUT2D eigenvalue weighted by Crippen LogP contribution is 2.25. The number of hydrogen-bond donors (Lipinski definition) is 1. The van der Waals surface area contributed by atoms with Gasteiger partial charge in [0.15, 0.2) is 5.65 Å². The van der Waals surface area contributed by atoms with Gasteiger partial charge in [-0.1, -0.05) is 12.1 Å². The Morgan fingerprint density at radius 2 is 1.89 bits per heavy atom. The van der Waals surface area contributed by atoms with E-state index in [1.807, 2.05) is 13.8 Å². The fourth-order valence-electron chi connectivity index (χ4n) is 2.85. The van der Waals surface area contributed by atoms with Gasteiger partial charge in [-0.2, -0.15) is 5.10 Å². The molecule has 0 aliphatic carbocycles. The van der Waals surface area contributed by atoms with E-state index < -0.39 is 15.9 Å². The van der Waals surface area contributed by atoms with E-state index >= 15 is 0 Å². The normalized spacial score (nSPS) is 12.1. The predicted octanol–water partition coefficient (Wildman–Crippen LogP) is 2.82. The van der Waals surface area contributed by atoms with Crippen LogP contribution in [0.15, 0.2) is 41.4 Å². The summed E-state index contributed by atoms with van der Waals surface area (Å²) >= 11 is 0. The number of sulfonamides is 1. The Bertz CT molecular complexity index is 1150. The van der Waals surface area contributed by atoms with Crippen molar-refractivity contribution in [2.24, 2.45) is 0 Å². The van der Waals surface area contributed by atoms with E-state index in [2.05, 4.69) is 15.4 Å². The molecule has 1 aromatic carbocycles. The fraction of sp³-hybridized carbons (Fsp3) is 0.316. The lowest BCUT2D eigenvalue weighted by molar-refractivity contribution is 0.102. The molecule has 0 unspecified atom stereocenters. The maximum atomic E-state index is 12.9. The van der Waals surface area contributed by atoms with Crippen LogP contribution in [-0.4, -0.2) is 47.5 Å². The van der Waals surface area contributed by atoms with Crippen molar-refractivity contribution >= 4 is 32.7 Å². The molecular formula is C19H23N5O3S. The van der Waals surface area contributed by atoms with Gasteiger partial charge in [0.1, 0.15) is 4.90 Å². The minimum atomic E-state index is -3.70. The van der Waals surface area contributed by atoms with Crippen molar-refractivity contribution in [3.63, 3.8) is 0 Å². The lowest BCUT2D eigenvalue weighted by atomic mass is 10.1. The molecule has 8 nitrogen and oxygen atoms in total. The molecule has 0 spiro atoms. The minimum absolute atomic E-state index is 0.0349. The van der Waals surface area contributed by atoms with Gasteiger partial charge in [-0.05, 0) is 39.0 Å². The van der Waals surface area contributed by atoms with E-state index in [0.29, 0.717) is 16.9 Å². The third kappa shape index (κ3) is 3.50. The van der Waals surface area contributed by atoms with Gasteiger partial charge in [0.25, 0.3) is 5.91 Å². The fourth-order valence-corrected chi connectivity index (χ4v) is 3.90. The van der Waals surface area contributed by atoms with Crippen molar-refractivity contribution < 1.29 is 13.2 Å². The molecule has 148 valence electrons. The maximum absolute atomic E-state index is 12.9. The van der Waals surface area contributed by atoms with Gasteiger partial charge in [0.05, 0.1) is 23.1 Å². The summed E-state index contributed by atoms with van der Waals surface area (Å²) in [5.41, 5.74) is 1.84. The Kier molecular flexibility index (Phi) is 5.22. The summed E-state index contributed by atoms with van der Waals surface area (Å²) in [6, 6.07) is 8.18. The summed E-state index contributed by atoms with van der Waals surface area (Å²) in [6.07, 6.45) is 1.67. The van der Waals surface area contributed by atoms with E-state index in [9.17, 15) is 13.2 Å². The quantitative estimate of drug-likeness (QED) is 0.709. The summed E-state index contributed by atoms with van der Waals surface area (Å²) in [4.78, 5) is 17.4. The third-order valence-corrected chi connectivity index (χ3v) is 6.26. The Morgan fingerprint density at radius 1 is 1.21 bits per heavy atom. The lowest BCUT2D eigenvalue weighted by Gasteiger charge is -2.16. The first kappa shape index (κ1) is 20.0. The second-order valence-electron chi connectivity index (χ2n) is 6.95. The Balaban J connectivity index is 2.00. The zero-order valence-corrected chi connectivity index (χ0v) is 17.3. The van der Waals surface area contributed by atoms with E-state index in [1.165, 1.54) is 20.2 Å². The number of amides is 1. The number of rotatable bonds is 5. The number of para-hydroxylation sites is 1. The molecule has 1 amide bonds. The molecule has 0 saturated heterocycles. The summed E-state index contributed by atoms with van der Waals surface area (Å²) in [6.45, 7) is 5.76. The van der Waals surface area contributed by atoms with Gasteiger partial charge >= 0.3 is 0 Å². The first-order valence-corrected chi connectivity index (χ1v) is 10.2. The van der Waals surface area contributed by atoms with Crippen LogP contribution in [0.3, 0.4) is 0 Å². The van der Waals surface area contributed by atoms with Crippen LogP contribution in [0.5, 0.6) is 0 Å². The number of aryl methyl sites for hydroxylation is 1. The molecule has 0 fully saturated rings. The van der Waals surface area contributed by atoms with Gasteiger partial charge < -0.3 is 5.32 Å². The summed E-state index contributed by atoms with van der Waals surface area (Å²) in [7, 11) is -0.803. The first-order chi connectivity index (χ1) is 13.1. The first-order valence-electron chi connectivity index (χ1n) is 8.80. The molecule has 0 radical (unpaired) electrons. The highest BCUT2D eigenvalue weighted by atomic mass is 32.2. The van der Waals surface area contributed by atoms with Gasteiger partial charge in [0, 0.05) is 25.5 Å². The summed E-state index contributed by atoms with van der Waals surface area (Å²) < 4.78 is 28.0. The molecule has 3 aromatic rings. The number of hydrogen-bond acceptors (Lipinski definition) is 5. The molecule has 9 heteroatoms. The van der Waals surface area contributed by atoms with Crippen LogP contribution < -0.4 is 5.32 Å². The van der Waals surface area contributed by atoms with Crippen LogP contribution in [0, 0.1) is 6.92 Å². The highest BCUT2D eigenvalue weighted by Gasteiger charge is 2.23. The molecule has 2 aromatic heterocycles. The summed E-state index contributed by atoms with van der Waals surface area (Å²) in [5, 5.41) is 7.78. The van der Waals surface area contributed by atoms with Crippen molar-refractivity contribution in [1.29, 1.82) is 0 Å².